The number of aromatic nitrogens is 1. The summed E-state index contributed by atoms with van der Waals surface area (Å²) in [5.74, 6) is 0.614. The van der Waals surface area contributed by atoms with Gasteiger partial charge < -0.3 is 4.74 Å². The molecule has 0 atom stereocenters. The second kappa shape index (κ2) is 6.06. The van der Waals surface area contributed by atoms with E-state index in [1.165, 1.54) is 6.20 Å². The van der Waals surface area contributed by atoms with Crippen LogP contribution in [0.4, 0.5) is 0 Å². The number of alkyl halides is 1. The minimum absolute atomic E-state index is 0.00182. The first-order valence-corrected chi connectivity index (χ1v) is 7.17. The molecule has 0 aliphatic heterocycles. The predicted molar refractivity (Wildman–Crippen MR) is 62.8 cm³/mol. The van der Waals surface area contributed by atoms with E-state index in [-0.39, 0.29) is 10.8 Å². The van der Waals surface area contributed by atoms with Gasteiger partial charge in [-0.15, -0.1) is 11.6 Å². The van der Waals surface area contributed by atoms with Crippen LogP contribution in [-0.4, -0.2) is 31.6 Å². The van der Waals surface area contributed by atoms with Crippen LogP contribution in [0.2, 0.25) is 0 Å². The second-order valence-electron chi connectivity index (χ2n) is 3.10. The standard InChI is InChI=1S/C10H14ClNO3S/c1-2-15-9-5-3-7-12-10(9)16(13,14)8-4-6-11/h3,5,7H,2,4,6,8H2,1H3. The fourth-order valence-electron chi connectivity index (χ4n) is 1.22. The van der Waals surface area contributed by atoms with Crippen LogP contribution in [-0.2, 0) is 9.84 Å². The van der Waals surface area contributed by atoms with Crippen LogP contribution in [0, 0.1) is 0 Å². The second-order valence-corrected chi connectivity index (χ2v) is 5.50. The van der Waals surface area contributed by atoms with Gasteiger partial charge in [0.1, 0.15) is 0 Å². The summed E-state index contributed by atoms with van der Waals surface area (Å²) in [5, 5.41) is 0.00182. The number of halogens is 1. The van der Waals surface area contributed by atoms with Crippen molar-refractivity contribution < 1.29 is 13.2 Å². The van der Waals surface area contributed by atoms with E-state index in [2.05, 4.69) is 4.98 Å². The molecule has 1 aromatic heterocycles. The van der Waals surface area contributed by atoms with Crippen LogP contribution in [0.5, 0.6) is 5.75 Å². The number of pyridine rings is 1. The molecule has 1 heterocycles. The number of hydrogen-bond donors (Lipinski definition) is 0. The summed E-state index contributed by atoms with van der Waals surface area (Å²) < 4.78 is 29.0. The number of nitrogens with zero attached hydrogens (tertiary/aromatic N) is 1. The van der Waals surface area contributed by atoms with Gasteiger partial charge in [-0.05, 0) is 25.5 Å². The third kappa shape index (κ3) is 3.35. The van der Waals surface area contributed by atoms with Gasteiger partial charge in [0.15, 0.2) is 20.6 Å². The number of ether oxygens (including phenoxy) is 1. The van der Waals surface area contributed by atoms with Gasteiger partial charge >= 0.3 is 0 Å². The third-order valence-corrected chi connectivity index (χ3v) is 3.87. The van der Waals surface area contributed by atoms with Gasteiger partial charge in [-0.3, -0.25) is 0 Å². The fourth-order valence-corrected chi connectivity index (χ4v) is 2.88. The maximum atomic E-state index is 11.9. The minimum atomic E-state index is -3.40. The molecule has 0 fully saturated rings. The van der Waals surface area contributed by atoms with Crippen molar-refractivity contribution in [1.82, 2.24) is 4.98 Å². The van der Waals surface area contributed by atoms with Gasteiger partial charge in [-0.1, -0.05) is 0 Å². The maximum absolute atomic E-state index is 11.9. The molecule has 16 heavy (non-hydrogen) atoms. The number of hydrogen-bond acceptors (Lipinski definition) is 4. The van der Waals surface area contributed by atoms with E-state index in [0.29, 0.717) is 24.7 Å². The maximum Gasteiger partial charge on any atom is 0.199 e. The van der Waals surface area contributed by atoms with Crippen LogP contribution in [0.1, 0.15) is 13.3 Å². The van der Waals surface area contributed by atoms with Crippen molar-refractivity contribution in [1.29, 1.82) is 0 Å². The highest BCUT2D eigenvalue weighted by atomic mass is 35.5. The smallest absolute Gasteiger partial charge is 0.199 e. The molecule has 0 radical (unpaired) electrons. The Morgan fingerprint density at radius 1 is 1.50 bits per heavy atom. The molecule has 0 amide bonds. The van der Waals surface area contributed by atoms with Crippen LogP contribution < -0.4 is 4.74 Å². The molecule has 1 rings (SSSR count). The molecule has 0 aliphatic carbocycles. The van der Waals surface area contributed by atoms with Crippen molar-refractivity contribution in [3.05, 3.63) is 18.3 Å². The first-order chi connectivity index (χ1) is 7.61. The molecule has 0 N–H and O–H groups in total. The van der Waals surface area contributed by atoms with Crippen LogP contribution in [0.15, 0.2) is 23.4 Å². The molecule has 4 nitrogen and oxygen atoms in total. The lowest BCUT2D eigenvalue weighted by Crippen LogP contribution is -2.11. The van der Waals surface area contributed by atoms with Crippen LogP contribution in [0.25, 0.3) is 0 Å². The van der Waals surface area contributed by atoms with E-state index in [0.717, 1.165) is 0 Å². The molecule has 0 aromatic carbocycles. The summed E-state index contributed by atoms with van der Waals surface area (Å²) in [7, 11) is -3.40. The largest absolute Gasteiger partial charge is 0.491 e. The van der Waals surface area contributed by atoms with Gasteiger partial charge in [0.05, 0.1) is 12.4 Å². The van der Waals surface area contributed by atoms with Crippen molar-refractivity contribution in [2.45, 2.75) is 18.4 Å². The summed E-state index contributed by atoms with van der Waals surface area (Å²) in [6.45, 7) is 2.20. The zero-order valence-corrected chi connectivity index (χ0v) is 10.6. The van der Waals surface area contributed by atoms with Crippen molar-refractivity contribution in [3.63, 3.8) is 0 Å². The molecule has 1 aromatic rings. The Hall–Kier alpha value is -0.810. The minimum Gasteiger partial charge on any atom is -0.491 e. The average molecular weight is 264 g/mol. The average Bonchev–Trinajstić information content (AvgIpc) is 2.27. The van der Waals surface area contributed by atoms with Gasteiger partial charge in [0.25, 0.3) is 0 Å². The predicted octanol–water partition coefficient (Wildman–Crippen LogP) is 1.88. The summed E-state index contributed by atoms with van der Waals surface area (Å²) >= 11 is 5.48. The Bertz CT molecular complexity index is 433. The molecule has 0 unspecified atom stereocenters. The number of rotatable bonds is 6. The van der Waals surface area contributed by atoms with Crippen LogP contribution in [0.3, 0.4) is 0 Å². The molecule has 0 spiro atoms. The zero-order chi connectivity index (χ0) is 12.0. The lowest BCUT2D eigenvalue weighted by atomic mass is 10.5. The monoisotopic (exact) mass is 263 g/mol. The molecule has 0 aliphatic rings. The van der Waals surface area contributed by atoms with Crippen molar-refractivity contribution in [2.24, 2.45) is 0 Å². The Labute approximate surface area is 101 Å². The zero-order valence-electron chi connectivity index (χ0n) is 9.02. The van der Waals surface area contributed by atoms with E-state index in [1.54, 1.807) is 19.1 Å². The summed E-state index contributed by atoms with van der Waals surface area (Å²) in [6.07, 6.45) is 1.85. The lowest BCUT2D eigenvalue weighted by Gasteiger charge is -2.08. The van der Waals surface area contributed by atoms with Gasteiger partial charge in [0.2, 0.25) is 0 Å². The highest BCUT2D eigenvalue weighted by Crippen LogP contribution is 2.22. The van der Waals surface area contributed by atoms with E-state index < -0.39 is 9.84 Å². The van der Waals surface area contributed by atoms with Gasteiger partial charge in [-0.2, -0.15) is 0 Å². The van der Waals surface area contributed by atoms with Crippen molar-refractivity contribution in [2.75, 3.05) is 18.2 Å². The Kier molecular flexibility index (Phi) is 5.02. The highest BCUT2D eigenvalue weighted by molar-refractivity contribution is 7.91. The Morgan fingerprint density at radius 2 is 2.25 bits per heavy atom. The SMILES string of the molecule is CCOc1cccnc1S(=O)(=O)CCCCl. The first-order valence-electron chi connectivity index (χ1n) is 4.98. The van der Waals surface area contributed by atoms with E-state index in [9.17, 15) is 8.42 Å². The molecule has 0 saturated carbocycles. The lowest BCUT2D eigenvalue weighted by molar-refractivity contribution is 0.328. The van der Waals surface area contributed by atoms with Crippen molar-refractivity contribution >= 4 is 21.4 Å². The molecular formula is C10H14ClNO3S. The number of sulfone groups is 1. The fraction of sp³-hybridized carbons (Fsp3) is 0.500. The van der Waals surface area contributed by atoms with Crippen molar-refractivity contribution in [3.8, 4) is 5.75 Å². The Balaban J connectivity index is 3.02. The first kappa shape index (κ1) is 13.3. The summed E-state index contributed by atoms with van der Waals surface area (Å²) in [6, 6.07) is 3.25. The summed E-state index contributed by atoms with van der Waals surface area (Å²) in [4.78, 5) is 3.87. The summed E-state index contributed by atoms with van der Waals surface area (Å²) in [5.41, 5.74) is 0. The quantitative estimate of drug-likeness (QED) is 0.736. The van der Waals surface area contributed by atoms with E-state index >= 15 is 0 Å². The van der Waals surface area contributed by atoms with Crippen LogP contribution >= 0.6 is 11.6 Å². The highest BCUT2D eigenvalue weighted by Gasteiger charge is 2.20. The third-order valence-electron chi connectivity index (χ3n) is 1.88. The molecule has 6 heteroatoms. The molecular weight excluding hydrogens is 250 g/mol. The Morgan fingerprint density at radius 3 is 2.88 bits per heavy atom. The topological polar surface area (TPSA) is 56.3 Å². The molecule has 90 valence electrons. The van der Waals surface area contributed by atoms with Gasteiger partial charge in [-0.25, -0.2) is 13.4 Å². The normalized spacial score (nSPS) is 11.4. The molecule has 0 saturated heterocycles. The molecule has 0 bridgehead atoms. The van der Waals surface area contributed by atoms with E-state index in [1.807, 2.05) is 0 Å². The van der Waals surface area contributed by atoms with Gasteiger partial charge in [0, 0.05) is 12.1 Å². The van der Waals surface area contributed by atoms with E-state index in [4.69, 9.17) is 16.3 Å².